The molecule has 3 aromatic heterocycles. The van der Waals surface area contributed by atoms with Gasteiger partial charge < -0.3 is 4.42 Å². The molecule has 2 aliphatic heterocycles. The summed E-state index contributed by atoms with van der Waals surface area (Å²) >= 11 is 0. The fourth-order valence-corrected chi connectivity index (χ4v) is 12.1. The van der Waals surface area contributed by atoms with E-state index in [9.17, 15) is 0 Å². The third-order valence-corrected chi connectivity index (χ3v) is 15.1. The number of hydrogen-bond donors (Lipinski definition) is 0. The summed E-state index contributed by atoms with van der Waals surface area (Å²) < 4.78 is 15.2. The van der Waals surface area contributed by atoms with Crippen LogP contribution in [-0.4, -0.2) is 12.6 Å². The van der Waals surface area contributed by atoms with Crippen LogP contribution in [0.1, 0.15) is 112 Å². The average molecular weight is 766 g/mol. The number of pyridine rings is 1. The largest absolute Gasteiger partial charge is 0.455 e. The lowest BCUT2D eigenvalue weighted by atomic mass is 9.86. The second-order valence-corrected chi connectivity index (χ2v) is 24.0. The van der Waals surface area contributed by atoms with Crippen molar-refractivity contribution in [3.8, 4) is 28.3 Å². The molecule has 5 heterocycles. The van der Waals surface area contributed by atoms with Crippen LogP contribution in [0, 0.1) is 0 Å². The van der Waals surface area contributed by atoms with Crippen molar-refractivity contribution in [2.24, 2.45) is 0 Å². The van der Waals surface area contributed by atoms with Crippen molar-refractivity contribution in [1.82, 2.24) is 4.57 Å². The number of aromatic nitrogens is 3. The Bertz CT molecular complexity index is 2940. The number of rotatable bonds is 6. The molecule has 0 fully saturated rings. The molecule has 0 bridgehead atoms. The maximum atomic E-state index is 7.13. The molecule has 1 atom stereocenters. The van der Waals surface area contributed by atoms with Gasteiger partial charge in [0, 0.05) is 33.2 Å². The van der Waals surface area contributed by atoms with Crippen molar-refractivity contribution < 1.29 is 13.6 Å². The lowest BCUT2D eigenvalue weighted by Crippen LogP contribution is -2.72. The minimum Gasteiger partial charge on any atom is -0.455 e. The van der Waals surface area contributed by atoms with Gasteiger partial charge in [0.15, 0.2) is 22.8 Å². The molecule has 0 aliphatic carbocycles. The standard InChI is InChI=1S/C52H55N3OSi/c1-30(2)34-23-24-39-42(27-34)52(53-29-47(57(9,10)11)40(33(7)8)28-45(39)53)41-26-25-38-37-17-12-15-22-46(37)56-50(38)48(41)51-54(43-20-13-14-21-44(43)55(51)52)49-35(31(3)4)18-16-19-36(49)32(5)6/h12-33H,1-11H3/q+2. The van der Waals surface area contributed by atoms with Gasteiger partial charge in [0.1, 0.15) is 16.8 Å². The van der Waals surface area contributed by atoms with Crippen LogP contribution in [0.15, 0.2) is 114 Å². The van der Waals surface area contributed by atoms with E-state index in [-0.39, 0.29) is 0 Å². The average Bonchev–Trinajstić information content (AvgIpc) is 3.89. The topological polar surface area (TPSA) is 25.8 Å². The zero-order chi connectivity index (χ0) is 39.9. The van der Waals surface area contributed by atoms with Gasteiger partial charge in [-0.25, -0.2) is 0 Å². The van der Waals surface area contributed by atoms with Crippen LogP contribution in [0.4, 0.5) is 0 Å². The van der Waals surface area contributed by atoms with E-state index < -0.39 is 13.7 Å². The van der Waals surface area contributed by atoms with E-state index in [4.69, 9.17) is 4.42 Å². The number of imidazole rings is 1. The minimum atomic E-state index is -1.83. The quantitative estimate of drug-likeness (QED) is 0.122. The van der Waals surface area contributed by atoms with Crippen molar-refractivity contribution in [1.29, 1.82) is 0 Å². The van der Waals surface area contributed by atoms with Crippen molar-refractivity contribution in [2.75, 3.05) is 0 Å². The highest BCUT2D eigenvalue weighted by molar-refractivity contribution is 6.89. The van der Waals surface area contributed by atoms with Gasteiger partial charge in [-0.3, -0.25) is 0 Å². The van der Waals surface area contributed by atoms with Crippen molar-refractivity contribution in [3.63, 3.8) is 0 Å². The van der Waals surface area contributed by atoms with E-state index in [0.717, 1.165) is 21.9 Å². The molecule has 8 aromatic rings. The maximum Gasteiger partial charge on any atom is 0.364 e. The number of para-hydroxylation sites is 4. The highest BCUT2D eigenvalue weighted by atomic mass is 28.3. The summed E-state index contributed by atoms with van der Waals surface area (Å²) in [7, 11) is -1.83. The minimum absolute atomic E-state index is 0.321. The van der Waals surface area contributed by atoms with E-state index >= 15 is 0 Å². The van der Waals surface area contributed by atoms with Gasteiger partial charge in [0.25, 0.3) is 0 Å². The molecule has 1 unspecified atom stereocenters. The van der Waals surface area contributed by atoms with E-state index in [2.05, 4.69) is 198 Å². The molecule has 0 saturated carbocycles. The second-order valence-electron chi connectivity index (χ2n) is 19.0. The first-order chi connectivity index (χ1) is 27.2. The van der Waals surface area contributed by atoms with Crippen LogP contribution in [0.25, 0.3) is 61.3 Å². The molecule has 57 heavy (non-hydrogen) atoms. The van der Waals surface area contributed by atoms with E-state index in [1.807, 2.05) is 0 Å². The Labute approximate surface area is 338 Å². The normalized spacial score (nSPS) is 16.0. The Morgan fingerprint density at radius 3 is 2.00 bits per heavy atom. The zero-order valence-electron chi connectivity index (χ0n) is 35.5. The molecule has 5 heteroatoms. The highest BCUT2D eigenvalue weighted by Gasteiger charge is 2.67. The number of hydrogen-bond acceptors (Lipinski definition) is 1. The van der Waals surface area contributed by atoms with Crippen LogP contribution < -0.4 is 14.3 Å². The van der Waals surface area contributed by atoms with Crippen LogP contribution in [0.3, 0.4) is 0 Å². The summed E-state index contributed by atoms with van der Waals surface area (Å²) in [6.07, 6.45) is 2.59. The fraction of sp³-hybridized carbons (Fsp3) is 0.308. The molecule has 0 N–H and O–H groups in total. The summed E-state index contributed by atoms with van der Waals surface area (Å²) in [5, 5.41) is 3.83. The first-order valence-corrected chi connectivity index (χ1v) is 24.6. The van der Waals surface area contributed by atoms with Gasteiger partial charge in [0.2, 0.25) is 5.69 Å². The highest BCUT2D eigenvalue weighted by Crippen LogP contribution is 2.53. The zero-order valence-corrected chi connectivity index (χ0v) is 36.5. The van der Waals surface area contributed by atoms with Crippen LogP contribution in [0.5, 0.6) is 0 Å². The van der Waals surface area contributed by atoms with Gasteiger partial charge >= 0.3 is 11.5 Å². The summed E-state index contributed by atoms with van der Waals surface area (Å²) in [6, 6.07) is 39.3. The monoisotopic (exact) mass is 765 g/mol. The van der Waals surface area contributed by atoms with Crippen LogP contribution in [-0.2, 0) is 5.66 Å². The van der Waals surface area contributed by atoms with Gasteiger partial charge in [-0.1, -0.05) is 130 Å². The van der Waals surface area contributed by atoms with E-state index in [0.29, 0.717) is 23.7 Å². The Hall–Kier alpha value is -5.26. The van der Waals surface area contributed by atoms with E-state index in [1.54, 1.807) is 0 Å². The maximum absolute atomic E-state index is 7.13. The number of furan rings is 1. The fourth-order valence-electron chi connectivity index (χ4n) is 10.4. The number of benzene rings is 5. The lowest BCUT2D eigenvalue weighted by molar-refractivity contribution is -0.944. The molecule has 10 rings (SSSR count). The SMILES string of the molecule is CC(C)c1ccc2c(c1)C1(c3ccc4c(oc5ccccc54)c3-c3n(-c4c(C(C)C)cccc4C(C)C)c4ccccc4[n+]31)[n+]1cc([Si](C)(C)C)c(C(C)C)cc1-2. The summed E-state index contributed by atoms with van der Waals surface area (Å²) in [5.74, 6) is 2.60. The van der Waals surface area contributed by atoms with Crippen molar-refractivity contribution in [2.45, 2.75) is 104 Å². The molecule has 0 saturated heterocycles. The summed E-state index contributed by atoms with van der Waals surface area (Å²) in [4.78, 5) is 0. The van der Waals surface area contributed by atoms with Crippen molar-refractivity contribution in [3.05, 3.63) is 143 Å². The predicted octanol–water partition coefficient (Wildman–Crippen LogP) is 12.4. The molecular formula is C52H55N3OSi+2. The molecule has 1 spiro atoms. The third-order valence-electron chi connectivity index (χ3n) is 13.1. The Balaban J connectivity index is 1.50. The van der Waals surface area contributed by atoms with Crippen LogP contribution in [0.2, 0.25) is 19.6 Å². The summed E-state index contributed by atoms with van der Waals surface area (Å²) in [6.45, 7) is 26.3. The van der Waals surface area contributed by atoms with Gasteiger partial charge in [0.05, 0.1) is 24.8 Å². The van der Waals surface area contributed by atoms with E-state index in [1.165, 1.54) is 77.9 Å². The molecule has 286 valence electrons. The van der Waals surface area contributed by atoms with Crippen LogP contribution >= 0.6 is 0 Å². The lowest BCUT2D eigenvalue weighted by Gasteiger charge is -2.25. The van der Waals surface area contributed by atoms with Gasteiger partial charge in [-0.2, -0.15) is 4.57 Å². The third kappa shape index (κ3) is 4.78. The molecule has 0 radical (unpaired) electrons. The van der Waals surface area contributed by atoms with Gasteiger partial charge in [-0.15, -0.1) is 9.13 Å². The first-order valence-electron chi connectivity index (χ1n) is 21.1. The van der Waals surface area contributed by atoms with Gasteiger partial charge in [-0.05, 0) is 77.3 Å². The smallest absolute Gasteiger partial charge is 0.364 e. The molecular weight excluding hydrogens is 711 g/mol. The molecule has 5 aromatic carbocycles. The molecule has 4 nitrogen and oxygen atoms in total. The summed E-state index contributed by atoms with van der Waals surface area (Å²) in [5.41, 5.74) is 16.8. The second kappa shape index (κ2) is 12.4. The van der Waals surface area contributed by atoms with Crippen molar-refractivity contribution >= 4 is 46.2 Å². The Kier molecular flexibility index (Phi) is 7.83. The molecule has 0 amide bonds. The Morgan fingerprint density at radius 1 is 0.632 bits per heavy atom. The molecule has 2 aliphatic rings. The number of fused-ring (bicyclic) bond motifs is 16. The predicted molar refractivity (Wildman–Crippen MR) is 239 cm³/mol. The number of nitrogens with zero attached hydrogens (tertiary/aromatic N) is 3. The Morgan fingerprint density at radius 2 is 1.32 bits per heavy atom. The first kappa shape index (κ1) is 36.1.